The van der Waals surface area contributed by atoms with Crippen LogP contribution in [0.4, 0.5) is 19.7 Å². The SMILES string of the molecule is CC(=O)N(C[C@H]1CN(c2ccc(C3CCS(=O)(=O)CC3)c(F)c2)C(=O)O1)C(=O)OCOC(=O)CNC(=O)CNCl. The van der Waals surface area contributed by atoms with E-state index in [9.17, 15) is 36.8 Å². The molecule has 2 heterocycles. The van der Waals surface area contributed by atoms with Crippen LogP contribution in [0.2, 0.25) is 0 Å². The van der Waals surface area contributed by atoms with Crippen LogP contribution >= 0.6 is 11.8 Å². The topological polar surface area (TPSA) is 178 Å². The first-order chi connectivity index (χ1) is 18.9. The number of halogens is 2. The van der Waals surface area contributed by atoms with E-state index in [1.54, 1.807) is 0 Å². The van der Waals surface area contributed by atoms with Crippen molar-refractivity contribution >= 4 is 57.3 Å². The predicted octanol–water partition coefficient (Wildman–Crippen LogP) is 0.789. The van der Waals surface area contributed by atoms with Crippen LogP contribution in [0.3, 0.4) is 0 Å². The van der Waals surface area contributed by atoms with E-state index in [2.05, 4.69) is 14.9 Å². The number of cyclic esters (lactones) is 1. The largest absolute Gasteiger partial charge is 0.442 e. The van der Waals surface area contributed by atoms with Gasteiger partial charge in [0, 0.05) is 6.92 Å². The van der Waals surface area contributed by atoms with Gasteiger partial charge in [0.25, 0.3) is 0 Å². The lowest BCUT2D eigenvalue weighted by molar-refractivity contribution is -0.152. The van der Waals surface area contributed by atoms with E-state index in [4.69, 9.17) is 21.3 Å². The summed E-state index contributed by atoms with van der Waals surface area (Å²) in [6, 6.07) is 4.18. The third-order valence-corrected chi connectivity index (χ3v) is 8.06. The number of imide groups is 1. The molecule has 0 unspecified atom stereocenters. The van der Waals surface area contributed by atoms with Gasteiger partial charge in [-0.25, -0.2) is 32.1 Å². The molecule has 0 radical (unpaired) electrons. The van der Waals surface area contributed by atoms with Crippen LogP contribution < -0.4 is 15.1 Å². The maximum absolute atomic E-state index is 14.9. The average Bonchev–Trinajstić information content (AvgIpc) is 3.26. The number of anilines is 1. The maximum Gasteiger partial charge on any atom is 0.419 e. The fraction of sp³-hybridized carbons (Fsp3) is 0.522. The van der Waals surface area contributed by atoms with Gasteiger partial charge >= 0.3 is 18.2 Å². The van der Waals surface area contributed by atoms with Gasteiger partial charge in [-0.15, -0.1) is 0 Å². The Kier molecular flexibility index (Phi) is 10.6. The van der Waals surface area contributed by atoms with Crippen LogP contribution in [0.15, 0.2) is 18.2 Å². The molecule has 1 aromatic rings. The second-order valence-electron chi connectivity index (χ2n) is 9.01. The van der Waals surface area contributed by atoms with Crippen molar-refractivity contribution in [2.75, 3.05) is 49.4 Å². The third-order valence-electron chi connectivity index (χ3n) is 6.21. The Balaban J connectivity index is 1.53. The third kappa shape index (κ3) is 8.50. The van der Waals surface area contributed by atoms with Crippen LogP contribution in [-0.2, 0) is 38.4 Å². The number of amides is 4. The molecule has 4 amide bonds. The monoisotopic (exact) mass is 606 g/mol. The molecule has 1 aromatic carbocycles. The number of nitrogens with zero attached hydrogens (tertiary/aromatic N) is 2. The van der Waals surface area contributed by atoms with E-state index in [1.807, 2.05) is 0 Å². The van der Waals surface area contributed by atoms with Gasteiger partial charge in [0.15, 0.2) is 0 Å². The van der Waals surface area contributed by atoms with Gasteiger partial charge in [0.1, 0.15) is 28.3 Å². The van der Waals surface area contributed by atoms with E-state index in [1.165, 1.54) is 12.1 Å². The fourth-order valence-corrected chi connectivity index (χ4v) is 5.76. The molecule has 1 atom stereocenters. The van der Waals surface area contributed by atoms with Crippen molar-refractivity contribution in [3.63, 3.8) is 0 Å². The first-order valence-electron chi connectivity index (χ1n) is 12.1. The van der Waals surface area contributed by atoms with Crippen LogP contribution in [0.25, 0.3) is 0 Å². The molecule has 0 aromatic heterocycles. The molecular weight excluding hydrogens is 579 g/mol. The van der Waals surface area contributed by atoms with Gasteiger partial charge in [-0.2, -0.15) is 0 Å². The molecule has 2 saturated heterocycles. The Morgan fingerprint density at radius 2 is 1.88 bits per heavy atom. The summed E-state index contributed by atoms with van der Waals surface area (Å²) in [5, 5.41) is 2.19. The Hall–Kier alpha value is -3.50. The summed E-state index contributed by atoms with van der Waals surface area (Å²) in [4.78, 5) is 63.6. The lowest BCUT2D eigenvalue weighted by Gasteiger charge is -2.23. The molecule has 0 bridgehead atoms. The highest BCUT2D eigenvalue weighted by Gasteiger charge is 2.36. The minimum atomic E-state index is -3.10. The van der Waals surface area contributed by atoms with Crippen molar-refractivity contribution in [2.24, 2.45) is 0 Å². The minimum Gasteiger partial charge on any atom is -0.442 e. The highest BCUT2D eigenvalue weighted by atomic mass is 35.5. The first-order valence-corrected chi connectivity index (χ1v) is 14.3. The predicted molar refractivity (Wildman–Crippen MR) is 136 cm³/mol. The van der Waals surface area contributed by atoms with Gasteiger partial charge in [-0.1, -0.05) is 6.07 Å². The number of benzene rings is 1. The zero-order valence-electron chi connectivity index (χ0n) is 21.4. The van der Waals surface area contributed by atoms with Crippen molar-refractivity contribution in [1.29, 1.82) is 0 Å². The van der Waals surface area contributed by atoms with Gasteiger partial charge in [-0.3, -0.25) is 19.3 Å². The number of esters is 1. The zero-order chi connectivity index (χ0) is 29.4. The summed E-state index contributed by atoms with van der Waals surface area (Å²) in [6.45, 7) is -1.02. The van der Waals surface area contributed by atoms with E-state index < -0.39 is 65.1 Å². The number of hydrogen-bond acceptors (Lipinski definition) is 11. The molecule has 0 spiro atoms. The molecule has 3 rings (SSSR count). The molecule has 17 heteroatoms. The van der Waals surface area contributed by atoms with Crippen LogP contribution in [0.1, 0.15) is 31.2 Å². The fourth-order valence-electron chi connectivity index (χ4n) is 4.15. The number of carbonyl (C=O) groups is 5. The second-order valence-corrected chi connectivity index (χ2v) is 11.6. The van der Waals surface area contributed by atoms with Crippen molar-refractivity contribution < 1.29 is 51.0 Å². The molecule has 0 saturated carbocycles. The Morgan fingerprint density at radius 3 is 2.50 bits per heavy atom. The van der Waals surface area contributed by atoms with Gasteiger partial charge < -0.3 is 19.5 Å². The maximum atomic E-state index is 14.9. The van der Waals surface area contributed by atoms with Gasteiger partial charge in [0.05, 0.1) is 36.8 Å². The van der Waals surface area contributed by atoms with Crippen molar-refractivity contribution in [1.82, 2.24) is 15.1 Å². The summed E-state index contributed by atoms with van der Waals surface area (Å²) in [5.74, 6) is -3.10. The number of sulfone groups is 1. The number of rotatable bonds is 10. The van der Waals surface area contributed by atoms with Crippen molar-refractivity contribution in [3.05, 3.63) is 29.6 Å². The molecule has 2 fully saturated rings. The molecule has 14 nitrogen and oxygen atoms in total. The van der Waals surface area contributed by atoms with E-state index in [-0.39, 0.29) is 42.7 Å². The molecule has 40 heavy (non-hydrogen) atoms. The summed E-state index contributed by atoms with van der Waals surface area (Å²) < 4.78 is 52.9. The van der Waals surface area contributed by atoms with Gasteiger partial charge in [0.2, 0.25) is 18.6 Å². The molecule has 220 valence electrons. The highest BCUT2D eigenvalue weighted by molar-refractivity contribution is 7.91. The number of hydrogen-bond donors (Lipinski definition) is 2. The standard InChI is InChI=1S/C23H28ClFN4O10S/c1-14(30)28(22(33)38-13-37-21(32)10-26-20(31)9-27-24)11-17-12-29(23(34)39-17)16-2-3-18(19(25)8-16)15-4-6-40(35,36)7-5-15/h2-3,8,15,17,27H,4-7,9-13H2,1H3,(H,26,31)/t17-/m0/s1. The first kappa shape index (κ1) is 31.0. The Labute approximate surface area is 234 Å². The van der Waals surface area contributed by atoms with E-state index in [0.29, 0.717) is 23.3 Å². The Bertz CT molecular complexity index is 1250. The molecule has 2 N–H and O–H groups in total. The van der Waals surface area contributed by atoms with E-state index >= 15 is 0 Å². The highest BCUT2D eigenvalue weighted by Crippen LogP contribution is 2.33. The lowest BCUT2D eigenvalue weighted by atomic mass is 9.93. The number of nitrogens with one attached hydrogen (secondary N) is 2. The summed E-state index contributed by atoms with van der Waals surface area (Å²) in [5.41, 5.74) is 0.554. The van der Waals surface area contributed by atoms with Crippen molar-refractivity contribution in [2.45, 2.75) is 31.8 Å². The lowest BCUT2D eigenvalue weighted by Crippen LogP contribution is -2.42. The molecule has 2 aliphatic rings. The summed E-state index contributed by atoms with van der Waals surface area (Å²) >= 11 is 5.16. The smallest absolute Gasteiger partial charge is 0.419 e. The normalized spacial score (nSPS) is 18.5. The van der Waals surface area contributed by atoms with Gasteiger partial charge in [-0.05, 0) is 48.2 Å². The average molecular weight is 607 g/mol. The Morgan fingerprint density at radius 1 is 1.18 bits per heavy atom. The van der Waals surface area contributed by atoms with Crippen LogP contribution in [0.5, 0.6) is 0 Å². The van der Waals surface area contributed by atoms with E-state index in [0.717, 1.165) is 17.9 Å². The van der Waals surface area contributed by atoms with Crippen molar-refractivity contribution in [3.8, 4) is 0 Å². The minimum absolute atomic E-state index is 0.0122. The molecular formula is C23H28ClFN4O10S. The second kappa shape index (κ2) is 13.7. The van der Waals surface area contributed by atoms with Crippen LogP contribution in [-0.4, -0.2) is 93.9 Å². The summed E-state index contributed by atoms with van der Waals surface area (Å²) in [7, 11) is -3.10. The zero-order valence-corrected chi connectivity index (χ0v) is 23.0. The summed E-state index contributed by atoms with van der Waals surface area (Å²) in [6.07, 6.45) is -2.34. The van der Waals surface area contributed by atoms with Crippen LogP contribution in [0, 0.1) is 5.82 Å². The number of carbonyl (C=O) groups excluding carboxylic acids is 5. The quantitative estimate of drug-likeness (QED) is 0.218. The molecule has 2 aliphatic heterocycles. The molecule has 0 aliphatic carbocycles. The number of ether oxygens (including phenoxy) is 3.